The van der Waals surface area contributed by atoms with Gasteiger partial charge in [-0.2, -0.15) is 0 Å². The third-order valence-corrected chi connectivity index (χ3v) is 0. The van der Waals surface area contributed by atoms with E-state index in [-0.39, 0.29) is 5.38 Å². The summed E-state index contributed by atoms with van der Waals surface area (Å²) in [6, 6.07) is 0. The van der Waals surface area contributed by atoms with E-state index in [4.69, 9.17) is 11.6 Å². The molecule has 0 aliphatic rings. The molecule has 0 saturated carbocycles. The first kappa shape index (κ1) is 4.29. The van der Waals surface area contributed by atoms with Crippen LogP contribution < -0.4 is 0 Å². The van der Waals surface area contributed by atoms with E-state index in [1.54, 1.807) is 0 Å². The van der Waals surface area contributed by atoms with Crippen LogP contribution in [0.2, 0.25) is 0 Å². The van der Waals surface area contributed by atoms with Crippen molar-refractivity contribution < 1.29 is 0 Å². The van der Waals surface area contributed by atoms with Crippen molar-refractivity contribution >= 4 is 11.6 Å². The first-order valence-electron chi connectivity index (χ1n) is 1.20. The van der Waals surface area contributed by atoms with Crippen LogP contribution in [0.25, 0.3) is 0 Å². The fraction of sp³-hybridized carbons (Fsp3) is 0.667. The molecule has 0 amide bonds. The van der Waals surface area contributed by atoms with Crippen LogP contribution in [0.4, 0.5) is 0 Å². The second kappa shape index (κ2) is 1.59. The minimum Gasteiger partial charge on any atom is -0.123 e. The van der Waals surface area contributed by atoms with Crippen LogP contribution >= 0.6 is 11.6 Å². The minimum atomic E-state index is 0.0556. The standard InChI is InChI=1S/C3H6Cl/c1-3(2)4/h3H,1H2,2H3. The fourth-order valence-corrected chi connectivity index (χ4v) is 0. The molecule has 1 atom stereocenters. The molecule has 0 heterocycles. The van der Waals surface area contributed by atoms with Crippen molar-refractivity contribution in [3.63, 3.8) is 0 Å². The lowest BCUT2D eigenvalue weighted by atomic mass is 10.6. The Morgan fingerprint density at radius 3 is 2.00 bits per heavy atom. The summed E-state index contributed by atoms with van der Waals surface area (Å²) in [6.07, 6.45) is 0. The number of rotatable bonds is 0. The van der Waals surface area contributed by atoms with E-state index in [0.29, 0.717) is 0 Å². The largest absolute Gasteiger partial charge is 0.123 e. The predicted molar refractivity (Wildman–Crippen MR) is 20.7 cm³/mol. The highest BCUT2D eigenvalue weighted by molar-refractivity contribution is 6.20. The highest BCUT2D eigenvalue weighted by atomic mass is 35.5. The van der Waals surface area contributed by atoms with Crippen LogP contribution in [-0.4, -0.2) is 5.38 Å². The molecule has 0 saturated heterocycles. The van der Waals surface area contributed by atoms with Crippen LogP contribution in [0.15, 0.2) is 0 Å². The summed E-state index contributed by atoms with van der Waals surface area (Å²) < 4.78 is 0. The Morgan fingerprint density at radius 2 is 2.00 bits per heavy atom. The first-order valence-corrected chi connectivity index (χ1v) is 1.64. The Hall–Kier alpha value is 0.290. The Kier molecular flexibility index (Phi) is 1.71. The maximum absolute atomic E-state index is 5.16. The summed E-state index contributed by atoms with van der Waals surface area (Å²) in [5, 5.41) is 0.0556. The van der Waals surface area contributed by atoms with E-state index < -0.39 is 0 Å². The smallest absolute Gasteiger partial charge is 0.0308 e. The van der Waals surface area contributed by atoms with Crippen LogP contribution in [-0.2, 0) is 0 Å². The van der Waals surface area contributed by atoms with Crippen LogP contribution in [0.1, 0.15) is 6.92 Å². The highest BCUT2D eigenvalue weighted by Gasteiger charge is 1.71. The van der Waals surface area contributed by atoms with Crippen molar-refractivity contribution in [2.45, 2.75) is 12.3 Å². The van der Waals surface area contributed by atoms with Gasteiger partial charge in [0.05, 0.1) is 0 Å². The molecule has 0 fully saturated rings. The van der Waals surface area contributed by atoms with Crippen molar-refractivity contribution in [1.29, 1.82) is 0 Å². The molecule has 0 aromatic rings. The number of alkyl halides is 1. The molecule has 0 N–H and O–H groups in total. The second-order valence-corrected chi connectivity index (χ2v) is 1.53. The SMILES string of the molecule is [CH2]C(C)Cl. The van der Waals surface area contributed by atoms with Crippen molar-refractivity contribution in [1.82, 2.24) is 0 Å². The zero-order valence-corrected chi connectivity index (χ0v) is 3.42. The number of halogens is 1. The predicted octanol–water partition coefficient (Wildman–Crippen LogP) is 1.45. The molecule has 0 aliphatic carbocycles. The van der Waals surface area contributed by atoms with Gasteiger partial charge in [0.2, 0.25) is 0 Å². The summed E-state index contributed by atoms with van der Waals surface area (Å²) in [6.45, 7) is 5.23. The Bertz CT molecular complexity index is 8.00. The Balaban J connectivity index is 2.32. The summed E-state index contributed by atoms with van der Waals surface area (Å²) in [4.78, 5) is 0. The van der Waals surface area contributed by atoms with Gasteiger partial charge in [0.25, 0.3) is 0 Å². The van der Waals surface area contributed by atoms with Gasteiger partial charge in [-0.25, -0.2) is 0 Å². The van der Waals surface area contributed by atoms with E-state index in [9.17, 15) is 0 Å². The van der Waals surface area contributed by atoms with Gasteiger partial charge in [-0.1, -0.05) is 0 Å². The maximum atomic E-state index is 5.16. The highest BCUT2D eigenvalue weighted by Crippen LogP contribution is 1.83. The average Bonchev–Trinajstić information content (AvgIpc) is 0.811. The zero-order chi connectivity index (χ0) is 3.58. The molecule has 4 heavy (non-hydrogen) atoms. The minimum absolute atomic E-state index is 0.0556. The van der Waals surface area contributed by atoms with Gasteiger partial charge in [-0.3, -0.25) is 0 Å². The molecule has 0 bridgehead atoms. The van der Waals surface area contributed by atoms with Crippen molar-refractivity contribution in [3.8, 4) is 0 Å². The Labute approximate surface area is 31.8 Å². The lowest BCUT2D eigenvalue weighted by molar-refractivity contribution is 1.23. The van der Waals surface area contributed by atoms with Gasteiger partial charge in [-0.05, 0) is 13.8 Å². The van der Waals surface area contributed by atoms with E-state index >= 15 is 0 Å². The lowest BCUT2D eigenvalue weighted by Gasteiger charge is -1.75. The molecular weight excluding hydrogens is 71.5 g/mol. The zero-order valence-electron chi connectivity index (χ0n) is 2.66. The number of hydrogen-bond acceptors (Lipinski definition) is 0. The second-order valence-electron chi connectivity index (χ2n) is 0.781. The van der Waals surface area contributed by atoms with Gasteiger partial charge in [0, 0.05) is 5.38 Å². The fourth-order valence-electron chi connectivity index (χ4n) is 0. The molecule has 1 radical (unpaired) electrons. The van der Waals surface area contributed by atoms with Gasteiger partial charge >= 0.3 is 0 Å². The maximum Gasteiger partial charge on any atom is 0.0308 e. The normalized spacial score (nSPS) is 9.00. The quantitative estimate of drug-likeness (QED) is 0.384. The summed E-state index contributed by atoms with van der Waals surface area (Å²) in [7, 11) is 0. The topological polar surface area (TPSA) is 0 Å². The monoisotopic (exact) mass is 77.0 g/mol. The molecule has 1 unspecified atom stereocenters. The van der Waals surface area contributed by atoms with Crippen molar-refractivity contribution in [2.75, 3.05) is 0 Å². The lowest BCUT2D eigenvalue weighted by Crippen LogP contribution is -1.71. The van der Waals surface area contributed by atoms with Gasteiger partial charge in [0.1, 0.15) is 0 Å². The molecule has 0 spiro atoms. The first-order chi connectivity index (χ1) is 1.73. The van der Waals surface area contributed by atoms with Crippen molar-refractivity contribution in [2.24, 2.45) is 0 Å². The molecule has 0 aromatic carbocycles. The van der Waals surface area contributed by atoms with E-state index in [1.165, 1.54) is 0 Å². The third kappa shape index (κ3) is 45.3. The molecule has 0 rings (SSSR count). The van der Waals surface area contributed by atoms with E-state index in [2.05, 4.69) is 6.92 Å². The molecule has 0 aromatic heterocycles. The molecule has 0 nitrogen and oxygen atoms in total. The van der Waals surface area contributed by atoms with Crippen LogP contribution in [0, 0.1) is 6.92 Å². The summed E-state index contributed by atoms with van der Waals surface area (Å²) in [5.74, 6) is 0. The van der Waals surface area contributed by atoms with Crippen LogP contribution in [0.3, 0.4) is 0 Å². The van der Waals surface area contributed by atoms with E-state index in [0.717, 1.165) is 0 Å². The third-order valence-electron chi connectivity index (χ3n) is 0. The number of hydrogen-bond donors (Lipinski definition) is 0. The van der Waals surface area contributed by atoms with Crippen molar-refractivity contribution in [3.05, 3.63) is 6.92 Å². The Morgan fingerprint density at radius 1 is 2.00 bits per heavy atom. The van der Waals surface area contributed by atoms with Gasteiger partial charge in [0.15, 0.2) is 0 Å². The molecule has 1 heteroatoms. The summed E-state index contributed by atoms with van der Waals surface area (Å²) in [5.41, 5.74) is 0. The molecule has 25 valence electrons. The average molecular weight is 77.5 g/mol. The van der Waals surface area contributed by atoms with Gasteiger partial charge in [-0.15, -0.1) is 11.6 Å². The van der Waals surface area contributed by atoms with E-state index in [1.807, 2.05) is 6.92 Å². The van der Waals surface area contributed by atoms with Crippen LogP contribution in [0.5, 0.6) is 0 Å². The molecular formula is C3H6Cl. The summed E-state index contributed by atoms with van der Waals surface area (Å²) >= 11 is 5.16. The molecule has 0 aliphatic heterocycles. The van der Waals surface area contributed by atoms with Gasteiger partial charge < -0.3 is 0 Å².